The molecular weight excluding hydrogens is 206 g/mol. The fourth-order valence-corrected chi connectivity index (χ4v) is 1.52. The van der Waals surface area contributed by atoms with Crippen molar-refractivity contribution in [3.63, 3.8) is 0 Å². The van der Waals surface area contributed by atoms with Crippen LogP contribution < -0.4 is 0 Å². The van der Waals surface area contributed by atoms with Crippen LogP contribution in [0.15, 0.2) is 35.4 Å². The van der Waals surface area contributed by atoms with Gasteiger partial charge in [-0.25, -0.2) is 0 Å². The van der Waals surface area contributed by atoms with Crippen molar-refractivity contribution < 1.29 is 9.47 Å². The first-order chi connectivity index (χ1) is 7.90. The van der Waals surface area contributed by atoms with Gasteiger partial charge in [-0.05, 0) is 11.1 Å². The lowest BCUT2D eigenvalue weighted by Gasteiger charge is -2.33. The maximum absolute atomic E-state index is 8.28. The van der Waals surface area contributed by atoms with E-state index in [4.69, 9.17) is 15.0 Å². The summed E-state index contributed by atoms with van der Waals surface area (Å²) in [5, 5.41) is 3.61. The summed E-state index contributed by atoms with van der Waals surface area (Å²) in [5.41, 5.74) is 9.41. The quantitative estimate of drug-likeness (QED) is 0.433. The van der Waals surface area contributed by atoms with Gasteiger partial charge in [0.25, 0.3) is 0 Å². The van der Waals surface area contributed by atoms with Crippen LogP contribution in [0.4, 0.5) is 0 Å². The van der Waals surface area contributed by atoms with Gasteiger partial charge < -0.3 is 9.47 Å². The number of azide groups is 1. The average Bonchev–Trinajstić information content (AvgIpc) is 2.31. The molecule has 0 aromatic heterocycles. The van der Waals surface area contributed by atoms with Crippen LogP contribution in [0, 0.1) is 0 Å². The molecule has 1 fully saturated rings. The largest absolute Gasteiger partial charge is 0.375 e. The second-order valence-corrected chi connectivity index (χ2v) is 3.64. The van der Waals surface area contributed by atoms with Gasteiger partial charge in [-0.1, -0.05) is 35.4 Å². The monoisotopic (exact) mass is 219 g/mol. The zero-order valence-corrected chi connectivity index (χ0v) is 8.82. The minimum atomic E-state index is -0.0837. The number of benzene rings is 1. The van der Waals surface area contributed by atoms with E-state index < -0.39 is 0 Å². The summed E-state index contributed by atoms with van der Waals surface area (Å²) in [6, 6.07) is 9.86. The van der Waals surface area contributed by atoms with Gasteiger partial charge in [0.05, 0.1) is 32.0 Å². The minimum Gasteiger partial charge on any atom is -0.375 e. The van der Waals surface area contributed by atoms with E-state index in [1.807, 2.05) is 30.3 Å². The van der Waals surface area contributed by atoms with E-state index >= 15 is 0 Å². The van der Waals surface area contributed by atoms with Gasteiger partial charge in [-0.3, -0.25) is 0 Å². The molecule has 1 heterocycles. The fraction of sp³-hybridized carbons (Fsp3) is 0.455. The molecule has 1 aliphatic rings. The summed E-state index contributed by atoms with van der Waals surface area (Å²) in [6.45, 7) is 1.53. The Kier molecular flexibility index (Phi) is 3.77. The second-order valence-electron chi connectivity index (χ2n) is 3.64. The molecule has 0 saturated carbocycles. The van der Waals surface area contributed by atoms with Gasteiger partial charge in [0.2, 0.25) is 0 Å². The molecule has 84 valence electrons. The van der Waals surface area contributed by atoms with Crippen molar-refractivity contribution in [2.45, 2.75) is 18.8 Å². The summed E-state index contributed by atoms with van der Waals surface area (Å²) < 4.78 is 10.7. The van der Waals surface area contributed by atoms with E-state index in [-0.39, 0.29) is 12.1 Å². The third-order valence-electron chi connectivity index (χ3n) is 2.50. The van der Waals surface area contributed by atoms with Crippen molar-refractivity contribution in [1.29, 1.82) is 0 Å². The predicted octanol–water partition coefficient (Wildman–Crippen LogP) is 2.28. The highest BCUT2D eigenvalue weighted by atomic mass is 16.5. The Hall–Kier alpha value is -1.55. The van der Waals surface area contributed by atoms with E-state index in [1.54, 1.807) is 0 Å². The maximum Gasteiger partial charge on any atom is 0.0915 e. The molecule has 5 nitrogen and oxygen atoms in total. The number of hydrogen-bond acceptors (Lipinski definition) is 3. The molecule has 16 heavy (non-hydrogen) atoms. The van der Waals surface area contributed by atoms with Gasteiger partial charge in [-0.15, -0.1) is 0 Å². The Balaban J connectivity index is 1.71. The lowest BCUT2D eigenvalue weighted by molar-refractivity contribution is -0.113. The SMILES string of the molecule is [N-]=[N+]=N[C@H]1CO[C@@H]1COCc1ccccc1. The number of ether oxygens (including phenoxy) is 2. The van der Waals surface area contributed by atoms with Gasteiger partial charge in [0, 0.05) is 4.91 Å². The normalized spacial score (nSPS) is 23.2. The van der Waals surface area contributed by atoms with Crippen molar-refractivity contribution in [2.24, 2.45) is 5.11 Å². The molecule has 2 rings (SSSR count). The topological polar surface area (TPSA) is 67.2 Å². The van der Waals surface area contributed by atoms with Crippen molar-refractivity contribution in [3.8, 4) is 0 Å². The van der Waals surface area contributed by atoms with Crippen molar-refractivity contribution >= 4 is 0 Å². The van der Waals surface area contributed by atoms with Gasteiger partial charge in [-0.2, -0.15) is 0 Å². The summed E-state index contributed by atoms with van der Waals surface area (Å²) >= 11 is 0. The van der Waals surface area contributed by atoms with Crippen LogP contribution in [0.1, 0.15) is 5.56 Å². The third kappa shape index (κ3) is 2.73. The average molecular weight is 219 g/mol. The number of hydrogen-bond donors (Lipinski definition) is 0. The van der Waals surface area contributed by atoms with Crippen LogP contribution in [-0.2, 0) is 16.1 Å². The van der Waals surface area contributed by atoms with Crippen LogP contribution >= 0.6 is 0 Å². The summed E-state index contributed by atoms with van der Waals surface area (Å²) in [7, 11) is 0. The first-order valence-corrected chi connectivity index (χ1v) is 5.17. The third-order valence-corrected chi connectivity index (χ3v) is 2.50. The lowest BCUT2D eigenvalue weighted by Crippen LogP contribution is -2.46. The predicted molar refractivity (Wildman–Crippen MR) is 58.8 cm³/mol. The first kappa shape index (κ1) is 11.0. The standard InChI is InChI=1S/C11H13N3O2/c12-14-13-10-7-16-11(10)8-15-6-9-4-2-1-3-5-9/h1-5,10-11H,6-8H2/t10-,11+/m0/s1. The Bertz CT molecular complexity index is 376. The Morgan fingerprint density at radius 1 is 1.44 bits per heavy atom. The van der Waals surface area contributed by atoms with E-state index in [2.05, 4.69) is 10.0 Å². The highest BCUT2D eigenvalue weighted by Gasteiger charge is 2.31. The van der Waals surface area contributed by atoms with Gasteiger partial charge >= 0.3 is 0 Å². The summed E-state index contributed by atoms with van der Waals surface area (Å²) in [6.07, 6.45) is -0.0837. The zero-order valence-electron chi connectivity index (χ0n) is 8.82. The molecule has 1 aliphatic heterocycles. The van der Waals surface area contributed by atoms with Gasteiger partial charge in [0.1, 0.15) is 0 Å². The maximum atomic E-state index is 8.28. The molecule has 1 saturated heterocycles. The molecule has 0 amide bonds. The summed E-state index contributed by atoms with van der Waals surface area (Å²) in [5.74, 6) is 0. The molecular formula is C11H13N3O2. The van der Waals surface area contributed by atoms with E-state index in [1.165, 1.54) is 0 Å². The first-order valence-electron chi connectivity index (χ1n) is 5.17. The fourth-order valence-electron chi connectivity index (χ4n) is 1.52. The van der Waals surface area contributed by atoms with Crippen molar-refractivity contribution in [3.05, 3.63) is 46.3 Å². The van der Waals surface area contributed by atoms with Crippen LogP contribution in [0.2, 0.25) is 0 Å². The molecule has 0 N–H and O–H groups in total. The molecule has 1 aromatic rings. The number of nitrogens with zero attached hydrogens (tertiary/aromatic N) is 3. The molecule has 0 aliphatic carbocycles. The number of rotatable bonds is 5. The highest BCUT2D eigenvalue weighted by molar-refractivity contribution is 5.13. The Morgan fingerprint density at radius 2 is 2.25 bits per heavy atom. The second kappa shape index (κ2) is 5.51. The van der Waals surface area contributed by atoms with Crippen LogP contribution in [0.25, 0.3) is 10.4 Å². The lowest BCUT2D eigenvalue weighted by atomic mass is 10.1. The van der Waals surface area contributed by atoms with E-state index in [0.717, 1.165) is 5.56 Å². The van der Waals surface area contributed by atoms with Crippen LogP contribution in [0.3, 0.4) is 0 Å². The van der Waals surface area contributed by atoms with Crippen LogP contribution in [-0.4, -0.2) is 25.4 Å². The van der Waals surface area contributed by atoms with E-state index in [0.29, 0.717) is 19.8 Å². The van der Waals surface area contributed by atoms with Crippen molar-refractivity contribution in [2.75, 3.05) is 13.2 Å². The van der Waals surface area contributed by atoms with Gasteiger partial charge in [0.15, 0.2) is 0 Å². The smallest absolute Gasteiger partial charge is 0.0915 e. The molecule has 0 radical (unpaired) electrons. The molecule has 1 aromatic carbocycles. The minimum absolute atomic E-state index is 0.0687. The Morgan fingerprint density at radius 3 is 2.88 bits per heavy atom. The van der Waals surface area contributed by atoms with E-state index in [9.17, 15) is 0 Å². The summed E-state index contributed by atoms with van der Waals surface area (Å²) in [4.78, 5) is 2.76. The van der Waals surface area contributed by atoms with Crippen molar-refractivity contribution in [1.82, 2.24) is 0 Å². The zero-order chi connectivity index (χ0) is 11.2. The molecule has 5 heteroatoms. The molecule has 0 bridgehead atoms. The van der Waals surface area contributed by atoms with Crippen LogP contribution in [0.5, 0.6) is 0 Å². The molecule has 2 atom stereocenters. The highest BCUT2D eigenvalue weighted by Crippen LogP contribution is 2.17. The molecule has 0 spiro atoms. The molecule has 0 unspecified atom stereocenters. The Labute approximate surface area is 93.6 Å².